The first-order valence-corrected chi connectivity index (χ1v) is 5.60. The Labute approximate surface area is 106 Å². The number of hydrogen-bond donors (Lipinski definition) is 1. The normalized spacial score (nSPS) is 10.1. The predicted molar refractivity (Wildman–Crippen MR) is 71.5 cm³/mol. The van der Waals surface area contributed by atoms with Crippen LogP contribution in [-0.2, 0) is 6.54 Å². The van der Waals surface area contributed by atoms with E-state index in [4.69, 9.17) is 10.5 Å². The summed E-state index contributed by atoms with van der Waals surface area (Å²) in [7, 11) is 3.59. The molecule has 5 heteroatoms. The topological polar surface area (TPSA) is 64.3 Å². The second-order valence-corrected chi connectivity index (χ2v) is 4.02. The fraction of sp³-hybridized carbons (Fsp3) is 0.231. The van der Waals surface area contributed by atoms with Gasteiger partial charge >= 0.3 is 0 Å². The van der Waals surface area contributed by atoms with Crippen molar-refractivity contribution in [3.8, 4) is 5.75 Å². The minimum absolute atomic E-state index is 0.563. The number of benzene rings is 1. The zero-order chi connectivity index (χ0) is 13.0. The molecule has 1 heterocycles. The van der Waals surface area contributed by atoms with Crippen LogP contribution < -0.4 is 15.4 Å². The second kappa shape index (κ2) is 5.35. The maximum Gasteiger partial charge on any atom is 0.225 e. The van der Waals surface area contributed by atoms with E-state index in [1.54, 1.807) is 19.5 Å². The third-order valence-electron chi connectivity index (χ3n) is 2.55. The second-order valence-electron chi connectivity index (χ2n) is 4.02. The van der Waals surface area contributed by atoms with Crippen LogP contribution in [0.1, 0.15) is 5.56 Å². The minimum atomic E-state index is 0.563. The van der Waals surface area contributed by atoms with Crippen LogP contribution in [0.5, 0.6) is 5.75 Å². The van der Waals surface area contributed by atoms with Crippen molar-refractivity contribution in [2.24, 2.45) is 0 Å². The third-order valence-corrected chi connectivity index (χ3v) is 2.55. The summed E-state index contributed by atoms with van der Waals surface area (Å²) >= 11 is 0. The Morgan fingerprint density at radius 1 is 1.28 bits per heavy atom. The summed E-state index contributed by atoms with van der Waals surface area (Å²) in [6.45, 7) is 0.709. The molecule has 0 aliphatic rings. The first kappa shape index (κ1) is 12.2. The number of nitrogens with two attached hydrogens (primary N) is 1. The first-order chi connectivity index (χ1) is 8.69. The molecule has 2 N–H and O–H groups in total. The van der Waals surface area contributed by atoms with Crippen molar-refractivity contribution in [1.29, 1.82) is 0 Å². The van der Waals surface area contributed by atoms with Crippen LogP contribution in [0.4, 0.5) is 11.6 Å². The van der Waals surface area contributed by atoms with Crippen LogP contribution >= 0.6 is 0 Å². The van der Waals surface area contributed by atoms with E-state index in [1.165, 1.54) is 0 Å². The highest BCUT2D eigenvalue weighted by atomic mass is 16.5. The molecule has 0 amide bonds. The Balaban J connectivity index is 2.10. The van der Waals surface area contributed by atoms with Gasteiger partial charge in [0.15, 0.2) is 0 Å². The molecule has 0 unspecified atom stereocenters. The monoisotopic (exact) mass is 244 g/mol. The van der Waals surface area contributed by atoms with Crippen molar-refractivity contribution in [1.82, 2.24) is 9.97 Å². The van der Waals surface area contributed by atoms with Crippen LogP contribution in [0.2, 0.25) is 0 Å². The maximum absolute atomic E-state index is 5.56. The van der Waals surface area contributed by atoms with Crippen LogP contribution in [0, 0.1) is 0 Å². The number of rotatable bonds is 4. The Hall–Kier alpha value is -2.30. The standard InChI is InChI=1S/C13H16N4O/c1-17(13-15-7-11(14)8-16-13)9-10-4-3-5-12(6-10)18-2/h3-8H,9,14H2,1-2H3. The molecule has 0 bridgehead atoms. The Kier molecular flexibility index (Phi) is 3.62. The summed E-state index contributed by atoms with van der Waals surface area (Å²) in [6.07, 6.45) is 3.20. The Morgan fingerprint density at radius 3 is 2.67 bits per heavy atom. The fourth-order valence-corrected chi connectivity index (χ4v) is 1.64. The molecule has 0 saturated heterocycles. The highest BCUT2D eigenvalue weighted by molar-refractivity contribution is 5.38. The molecule has 18 heavy (non-hydrogen) atoms. The first-order valence-electron chi connectivity index (χ1n) is 5.60. The van der Waals surface area contributed by atoms with Gasteiger partial charge in [-0.3, -0.25) is 0 Å². The van der Waals surface area contributed by atoms with Gasteiger partial charge in [-0.2, -0.15) is 0 Å². The number of anilines is 2. The smallest absolute Gasteiger partial charge is 0.225 e. The number of ether oxygens (including phenoxy) is 1. The van der Waals surface area contributed by atoms with E-state index < -0.39 is 0 Å². The predicted octanol–water partition coefficient (Wildman–Crippen LogP) is 1.70. The molecule has 0 fully saturated rings. The number of aromatic nitrogens is 2. The van der Waals surface area contributed by atoms with Gasteiger partial charge in [0, 0.05) is 13.6 Å². The lowest BCUT2D eigenvalue weighted by molar-refractivity contribution is 0.414. The lowest BCUT2D eigenvalue weighted by Crippen LogP contribution is -2.19. The van der Waals surface area contributed by atoms with Gasteiger partial charge in [0.05, 0.1) is 25.2 Å². The van der Waals surface area contributed by atoms with Gasteiger partial charge in [-0.15, -0.1) is 0 Å². The summed E-state index contributed by atoms with van der Waals surface area (Å²) in [5.74, 6) is 1.49. The lowest BCUT2D eigenvalue weighted by atomic mass is 10.2. The van der Waals surface area contributed by atoms with Crippen LogP contribution in [0.3, 0.4) is 0 Å². The maximum atomic E-state index is 5.56. The summed E-state index contributed by atoms with van der Waals surface area (Å²) in [4.78, 5) is 10.3. The van der Waals surface area contributed by atoms with Crippen molar-refractivity contribution >= 4 is 11.6 Å². The zero-order valence-corrected chi connectivity index (χ0v) is 10.5. The molecule has 2 aromatic rings. The summed E-state index contributed by atoms with van der Waals surface area (Å²) in [6, 6.07) is 7.92. The van der Waals surface area contributed by atoms with Crippen LogP contribution in [0.15, 0.2) is 36.7 Å². The van der Waals surface area contributed by atoms with E-state index >= 15 is 0 Å². The third kappa shape index (κ3) is 2.88. The largest absolute Gasteiger partial charge is 0.497 e. The Bertz CT molecular complexity index is 513. The quantitative estimate of drug-likeness (QED) is 0.886. The molecular formula is C13H16N4O. The molecule has 0 atom stereocenters. The van der Waals surface area contributed by atoms with Gasteiger partial charge in [-0.25, -0.2) is 9.97 Å². The molecular weight excluding hydrogens is 228 g/mol. The van der Waals surface area contributed by atoms with E-state index in [1.807, 2.05) is 36.2 Å². The van der Waals surface area contributed by atoms with Gasteiger partial charge in [-0.1, -0.05) is 12.1 Å². The molecule has 0 aliphatic carbocycles. The summed E-state index contributed by atoms with van der Waals surface area (Å²) < 4.78 is 5.19. The van der Waals surface area contributed by atoms with Crippen molar-refractivity contribution in [3.05, 3.63) is 42.2 Å². The van der Waals surface area contributed by atoms with Gasteiger partial charge < -0.3 is 15.4 Å². The van der Waals surface area contributed by atoms with Crippen molar-refractivity contribution in [3.63, 3.8) is 0 Å². The number of methoxy groups -OCH3 is 1. The van der Waals surface area contributed by atoms with Gasteiger partial charge in [0.1, 0.15) is 5.75 Å². The fourth-order valence-electron chi connectivity index (χ4n) is 1.64. The molecule has 1 aromatic heterocycles. The van der Waals surface area contributed by atoms with E-state index in [0.717, 1.165) is 11.3 Å². The van der Waals surface area contributed by atoms with Gasteiger partial charge in [0.2, 0.25) is 5.95 Å². The van der Waals surface area contributed by atoms with Crippen LogP contribution in [-0.4, -0.2) is 24.1 Å². The zero-order valence-electron chi connectivity index (χ0n) is 10.5. The molecule has 0 saturated carbocycles. The van der Waals surface area contributed by atoms with Crippen molar-refractivity contribution in [2.45, 2.75) is 6.54 Å². The van der Waals surface area contributed by atoms with E-state index in [0.29, 0.717) is 18.2 Å². The molecule has 94 valence electrons. The molecule has 5 nitrogen and oxygen atoms in total. The van der Waals surface area contributed by atoms with E-state index in [9.17, 15) is 0 Å². The average molecular weight is 244 g/mol. The summed E-state index contributed by atoms with van der Waals surface area (Å²) in [5, 5.41) is 0. The average Bonchev–Trinajstić information content (AvgIpc) is 2.39. The van der Waals surface area contributed by atoms with Crippen molar-refractivity contribution < 1.29 is 4.74 Å². The number of nitrogens with zero attached hydrogens (tertiary/aromatic N) is 3. The molecule has 2 rings (SSSR count). The highest BCUT2D eigenvalue weighted by Crippen LogP contribution is 2.15. The van der Waals surface area contributed by atoms with E-state index in [-0.39, 0.29) is 0 Å². The van der Waals surface area contributed by atoms with Gasteiger partial charge in [0.25, 0.3) is 0 Å². The summed E-state index contributed by atoms with van der Waals surface area (Å²) in [5.41, 5.74) is 7.26. The number of hydrogen-bond acceptors (Lipinski definition) is 5. The minimum Gasteiger partial charge on any atom is -0.497 e. The van der Waals surface area contributed by atoms with Crippen molar-refractivity contribution in [2.75, 3.05) is 24.8 Å². The molecule has 0 aliphatic heterocycles. The highest BCUT2D eigenvalue weighted by Gasteiger charge is 2.05. The van der Waals surface area contributed by atoms with E-state index in [2.05, 4.69) is 9.97 Å². The van der Waals surface area contributed by atoms with Crippen LogP contribution in [0.25, 0.3) is 0 Å². The molecule has 0 spiro atoms. The molecule has 0 radical (unpaired) electrons. The Morgan fingerprint density at radius 2 is 2.00 bits per heavy atom. The van der Waals surface area contributed by atoms with Gasteiger partial charge in [-0.05, 0) is 17.7 Å². The molecule has 1 aromatic carbocycles. The SMILES string of the molecule is COc1cccc(CN(C)c2ncc(N)cn2)c1. The lowest BCUT2D eigenvalue weighted by Gasteiger charge is -2.17. The number of nitrogen functional groups attached to an aromatic ring is 1.